The molecule has 5 heteroatoms. The molecule has 4 atom stereocenters. The lowest BCUT2D eigenvalue weighted by Crippen LogP contribution is -2.18. The van der Waals surface area contributed by atoms with Crippen molar-refractivity contribution in [3.05, 3.63) is 24.3 Å². The van der Waals surface area contributed by atoms with Gasteiger partial charge in [-0.2, -0.15) is 0 Å². The quantitative estimate of drug-likeness (QED) is 0.312. The van der Waals surface area contributed by atoms with Crippen LogP contribution in [0.4, 0.5) is 0 Å². The van der Waals surface area contributed by atoms with Crippen LogP contribution in [0.3, 0.4) is 0 Å². The van der Waals surface area contributed by atoms with E-state index < -0.39 is 18.2 Å². The standard InChI is InChI=1S/C22H36O5/c1-2-3-8-11-17(23)14-15-19-18(20(24)16-21(19)25)12-9-6-4-5-7-10-13-22(26)27/h6,9,14-15,17-19,21,23,25H,2-5,7-8,10-13,16H2,1H3,(H,26,27)/b9-6+,15-14+/t17-,18+,19+,21+/m0/s1. The summed E-state index contributed by atoms with van der Waals surface area (Å²) in [5.41, 5.74) is 0. The summed E-state index contributed by atoms with van der Waals surface area (Å²) in [4.78, 5) is 22.6. The normalized spacial score (nSPS) is 24.3. The van der Waals surface area contributed by atoms with Gasteiger partial charge in [-0.3, -0.25) is 9.59 Å². The third kappa shape index (κ3) is 9.87. The average Bonchev–Trinajstić information content (AvgIpc) is 2.88. The summed E-state index contributed by atoms with van der Waals surface area (Å²) in [6.45, 7) is 2.12. The predicted octanol–water partition coefficient (Wildman–Crippen LogP) is 4.03. The zero-order chi connectivity index (χ0) is 20.1. The molecule has 3 N–H and O–H groups in total. The van der Waals surface area contributed by atoms with Crippen LogP contribution in [0.1, 0.15) is 77.6 Å². The number of Topliss-reactive ketones (excluding diaryl/α,β-unsaturated/α-hetero) is 1. The van der Waals surface area contributed by atoms with Crippen molar-refractivity contribution in [3.8, 4) is 0 Å². The number of allylic oxidation sites excluding steroid dienone is 2. The molecule has 0 aromatic heterocycles. The monoisotopic (exact) mass is 380 g/mol. The van der Waals surface area contributed by atoms with Gasteiger partial charge in [-0.25, -0.2) is 0 Å². The minimum atomic E-state index is -0.751. The summed E-state index contributed by atoms with van der Waals surface area (Å²) in [6, 6.07) is 0. The molecular formula is C22H36O5. The minimum Gasteiger partial charge on any atom is -0.481 e. The van der Waals surface area contributed by atoms with Crippen molar-refractivity contribution in [2.24, 2.45) is 11.8 Å². The van der Waals surface area contributed by atoms with Gasteiger partial charge in [0, 0.05) is 24.7 Å². The molecule has 1 aliphatic carbocycles. The highest BCUT2D eigenvalue weighted by molar-refractivity contribution is 5.84. The molecule has 0 saturated heterocycles. The molecular weight excluding hydrogens is 344 g/mol. The van der Waals surface area contributed by atoms with Crippen LogP contribution >= 0.6 is 0 Å². The lowest BCUT2D eigenvalue weighted by molar-refractivity contribution is -0.137. The van der Waals surface area contributed by atoms with E-state index in [2.05, 4.69) is 6.92 Å². The van der Waals surface area contributed by atoms with Crippen molar-refractivity contribution in [1.29, 1.82) is 0 Å². The summed E-state index contributed by atoms with van der Waals surface area (Å²) in [5.74, 6) is -1.11. The Morgan fingerprint density at radius 1 is 1.19 bits per heavy atom. The minimum absolute atomic E-state index is 0.0868. The van der Waals surface area contributed by atoms with Gasteiger partial charge in [0.15, 0.2) is 0 Å². The maximum Gasteiger partial charge on any atom is 0.303 e. The van der Waals surface area contributed by atoms with Gasteiger partial charge in [-0.05, 0) is 32.1 Å². The number of hydrogen-bond donors (Lipinski definition) is 3. The van der Waals surface area contributed by atoms with E-state index in [-0.39, 0.29) is 30.5 Å². The second kappa shape index (κ2) is 13.7. The highest BCUT2D eigenvalue weighted by atomic mass is 16.4. The summed E-state index contributed by atoms with van der Waals surface area (Å²) >= 11 is 0. The molecule has 0 spiro atoms. The molecule has 1 saturated carbocycles. The van der Waals surface area contributed by atoms with Crippen LogP contribution in [0.15, 0.2) is 24.3 Å². The van der Waals surface area contributed by atoms with Crippen LogP contribution in [0.5, 0.6) is 0 Å². The van der Waals surface area contributed by atoms with E-state index in [1.165, 1.54) is 0 Å². The Bertz CT molecular complexity index is 497. The first-order valence-corrected chi connectivity index (χ1v) is 10.4. The average molecular weight is 381 g/mol. The summed E-state index contributed by atoms with van der Waals surface area (Å²) in [7, 11) is 0. The maximum absolute atomic E-state index is 12.2. The Morgan fingerprint density at radius 2 is 1.96 bits per heavy atom. The smallest absolute Gasteiger partial charge is 0.303 e. The van der Waals surface area contributed by atoms with Gasteiger partial charge in [-0.15, -0.1) is 0 Å². The predicted molar refractivity (Wildman–Crippen MR) is 106 cm³/mol. The van der Waals surface area contributed by atoms with Gasteiger partial charge >= 0.3 is 5.97 Å². The van der Waals surface area contributed by atoms with Gasteiger partial charge < -0.3 is 15.3 Å². The van der Waals surface area contributed by atoms with Crippen molar-refractivity contribution < 1.29 is 24.9 Å². The third-order valence-electron chi connectivity index (χ3n) is 5.21. The molecule has 5 nitrogen and oxygen atoms in total. The Hall–Kier alpha value is -1.46. The summed E-state index contributed by atoms with van der Waals surface area (Å²) < 4.78 is 0. The number of rotatable bonds is 14. The zero-order valence-corrected chi connectivity index (χ0v) is 16.6. The Balaban J connectivity index is 2.39. The number of carboxylic acid groups (broad SMARTS) is 1. The number of unbranched alkanes of at least 4 members (excludes halogenated alkanes) is 5. The van der Waals surface area contributed by atoms with Crippen molar-refractivity contribution in [2.75, 3.05) is 0 Å². The highest BCUT2D eigenvalue weighted by Crippen LogP contribution is 2.33. The molecule has 154 valence electrons. The number of hydrogen-bond acceptors (Lipinski definition) is 4. The number of aliphatic carboxylic acids is 1. The Morgan fingerprint density at radius 3 is 2.67 bits per heavy atom. The first-order chi connectivity index (χ1) is 13.0. The van der Waals surface area contributed by atoms with Crippen LogP contribution in [0, 0.1) is 11.8 Å². The second-order valence-corrected chi connectivity index (χ2v) is 7.57. The van der Waals surface area contributed by atoms with Crippen molar-refractivity contribution in [2.45, 2.75) is 89.8 Å². The van der Waals surface area contributed by atoms with Crippen LogP contribution in [-0.4, -0.2) is 39.3 Å². The second-order valence-electron chi connectivity index (χ2n) is 7.57. The van der Waals surface area contributed by atoms with E-state index in [9.17, 15) is 19.8 Å². The topological polar surface area (TPSA) is 94.8 Å². The molecule has 0 aliphatic heterocycles. The van der Waals surface area contributed by atoms with Gasteiger partial charge in [0.05, 0.1) is 12.2 Å². The SMILES string of the molecule is CCCCC[C@H](O)/C=C/[C@H]1[C@H](O)CC(=O)[C@@H]1C/C=C/CCCCCC(=O)O. The van der Waals surface area contributed by atoms with E-state index in [1.54, 1.807) is 6.08 Å². The molecule has 0 radical (unpaired) electrons. The number of carbonyl (C=O) groups excluding carboxylic acids is 1. The number of aliphatic hydroxyl groups is 2. The van der Waals surface area contributed by atoms with Crippen LogP contribution in [0.2, 0.25) is 0 Å². The van der Waals surface area contributed by atoms with Crippen LogP contribution in [0.25, 0.3) is 0 Å². The molecule has 0 amide bonds. The largest absolute Gasteiger partial charge is 0.481 e. The molecule has 27 heavy (non-hydrogen) atoms. The first-order valence-electron chi connectivity index (χ1n) is 10.4. The van der Waals surface area contributed by atoms with Crippen molar-refractivity contribution >= 4 is 11.8 Å². The molecule has 1 rings (SSSR count). The Kier molecular flexibility index (Phi) is 11.9. The molecule has 0 aromatic rings. The zero-order valence-electron chi connectivity index (χ0n) is 16.6. The van der Waals surface area contributed by atoms with Gasteiger partial charge in [0.25, 0.3) is 0 Å². The van der Waals surface area contributed by atoms with Crippen LogP contribution < -0.4 is 0 Å². The van der Waals surface area contributed by atoms with Crippen molar-refractivity contribution in [3.63, 3.8) is 0 Å². The number of ketones is 1. The third-order valence-corrected chi connectivity index (χ3v) is 5.21. The first kappa shape index (κ1) is 23.6. The molecule has 1 aliphatic rings. The highest BCUT2D eigenvalue weighted by Gasteiger charge is 2.39. The molecule has 0 aromatic carbocycles. The van der Waals surface area contributed by atoms with E-state index in [4.69, 9.17) is 5.11 Å². The fourth-order valence-electron chi connectivity index (χ4n) is 3.56. The number of aliphatic hydroxyl groups excluding tert-OH is 2. The Labute approximate surface area is 163 Å². The lowest BCUT2D eigenvalue weighted by Gasteiger charge is -2.16. The van der Waals surface area contributed by atoms with E-state index in [0.717, 1.165) is 38.5 Å². The van der Waals surface area contributed by atoms with Gasteiger partial charge in [0.2, 0.25) is 0 Å². The summed E-state index contributed by atoms with van der Waals surface area (Å²) in [6.07, 6.45) is 14.7. The fraction of sp³-hybridized carbons (Fsp3) is 0.727. The molecule has 1 fully saturated rings. The van der Waals surface area contributed by atoms with Gasteiger partial charge in [-0.1, -0.05) is 56.9 Å². The lowest BCUT2D eigenvalue weighted by atomic mass is 9.90. The maximum atomic E-state index is 12.2. The molecule has 0 unspecified atom stereocenters. The summed E-state index contributed by atoms with van der Waals surface area (Å²) in [5, 5.41) is 28.8. The molecule has 0 heterocycles. The van der Waals surface area contributed by atoms with E-state index in [0.29, 0.717) is 19.3 Å². The van der Waals surface area contributed by atoms with Crippen molar-refractivity contribution in [1.82, 2.24) is 0 Å². The number of carbonyl (C=O) groups is 2. The fourth-order valence-corrected chi connectivity index (χ4v) is 3.56. The van der Waals surface area contributed by atoms with Gasteiger partial charge in [0.1, 0.15) is 5.78 Å². The van der Waals surface area contributed by atoms with E-state index in [1.807, 2.05) is 18.2 Å². The molecule has 0 bridgehead atoms. The number of carboxylic acids is 1. The van der Waals surface area contributed by atoms with Crippen LogP contribution in [-0.2, 0) is 9.59 Å². The van der Waals surface area contributed by atoms with E-state index >= 15 is 0 Å².